The molecule has 11 heteroatoms. The molecule has 1 saturated heterocycles. The lowest BCUT2D eigenvalue weighted by Crippen LogP contribution is -2.43. The van der Waals surface area contributed by atoms with Gasteiger partial charge < -0.3 is 9.15 Å². The number of sulfonamides is 1. The molecule has 0 aliphatic carbocycles. The van der Waals surface area contributed by atoms with Gasteiger partial charge in [0.25, 0.3) is 0 Å². The van der Waals surface area contributed by atoms with Gasteiger partial charge in [-0.25, -0.2) is 8.42 Å². The molecule has 2 heterocycles. The number of amides is 1. The van der Waals surface area contributed by atoms with Gasteiger partial charge in [0.15, 0.2) is 0 Å². The Kier molecular flexibility index (Phi) is 6.45. The van der Waals surface area contributed by atoms with E-state index in [0.29, 0.717) is 35.7 Å². The summed E-state index contributed by atoms with van der Waals surface area (Å²) in [6.45, 7) is 0.414. The summed E-state index contributed by atoms with van der Waals surface area (Å²) in [6.07, 6.45) is 1.12. The molecule has 9 nitrogen and oxygen atoms in total. The highest BCUT2D eigenvalue weighted by molar-refractivity contribution is 7.89. The summed E-state index contributed by atoms with van der Waals surface area (Å²) in [4.78, 5) is 12.9. The summed E-state index contributed by atoms with van der Waals surface area (Å²) in [5.74, 6) is -0.102. The molecule has 1 aliphatic heterocycles. The largest absolute Gasteiger partial charge is 0.497 e. The molecule has 0 saturated carbocycles. The number of nitrogens with one attached hydrogen (secondary N) is 1. The Balaban J connectivity index is 1.43. The molecule has 1 unspecified atom stereocenters. The number of halogens is 1. The van der Waals surface area contributed by atoms with Gasteiger partial charge >= 0.3 is 6.01 Å². The van der Waals surface area contributed by atoms with Crippen LogP contribution in [-0.2, 0) is 14.8 Å². The minimum Gasteiger partial charge on any atom is -0.497 e. The van der Waals surface area contributed by atoms with Gasteiger partial charge in [0.1, 0.15) is 5.75 Å². The van der Waals surface area contributed by atoms with Crippen molar-refractivity contribution < 1.29 is 22.4 Å². The molecule has 1 aliphatic rings. The van der Waals surface area contributed by atoms with Crippen LogP contribution in [-0.4, -0.2) is 49.0 Å². The number of carbonyl (C=O) groups is 1. The summed E-state index contributed by atoms with van der Waals surface area (Å²) < 4.78 is 37.9. The van der Waals surface area contributed by atoms with Crippen LogP contribution in [0.1, 0.15) is 12.8 Å². The Hall–Kier alpha value is -2.95. The van der Waals surface area contributed by atoms with Gasteiger partial charge in [-0.3, -0.25) is 10.1 Å². The minimum atomic E-state index is -3.73. The SMILES string of the molecule is COc1ccc(S(=O)(=O)N2CCCC(C(=O)Nc3nnc(-c4ccc(Cl)cc4)o3)C2)cc1. The fraction of sp³-hybridized carbons (Fsp3) is 0.286. The molecule has 0 spiro atoms. The fourth-order valence-corrected chi connectivity index (χ4v) is 5.11. The van der Waals surface area contributed by atoms with Gasteiger partial charge in [0, 0.05) is 23.7 Å². The van der Waals surface area contributed by atoms with Gasteiger partial charge in [0.05, 0.1) is 17.9 Å². The van der Waals surface area contributed by atoms with Crippen LogP contribution in [0, 0.1) is 5.92 Å². The van der Waals surface area contributed by atoms with Gasteiger partial charge in [-0.05, 0) is 61.4 Å². The van der Waals surface area contributed by atoms with E-state index in [9.17, 15) is 13.2 Å². The maximum Gasteiger partial charge on any atom is 0.322 e. The van der Waals surface area contributed by atoms with Crippen molar-refractivity contribution in [1.29, 1.82) is 0 Å². The summed E-state index contributed by atoms with van der Waals surface area (Å²) in [5.41, 5.74) is 0.664. The van der Waals surface area contributed by atoms with E-state index >= 15 is 0 Å². The number of aromatic nitrogens is 2. The van der Waals surface area contributed by atoms with Crippen LogP contribution in [0.15, 0.2) is 57.8 Å². The number of hydrogen-bond donors (Lipinski definition) is 1. The van der Waals surface area contributed by atoms with Crippen molar-refractivity contribution in [3.05, 3.63) is 53.6 Å². The molecule has 3 aromatic rings. The average molecular weight is 477 g/mol. The Bertz CT molecular complexity index is 1200. The van der Waals surface area contributed by atoms with Crippen molar-refractivity contribution in [3.63, 3.8) is 0 Å². The number of carbonyl (C=O) groups excluding carboxylic acids is 1. The number of benzene rings is 2. The van der Waals surface area contributed by atoms with Crippen LogP contribution in [0.5, 0.6) is 5.75 Å². The maximum absolute atomic E-state index is 13.0. The van der Waals surface area contributed by atoms with Crippen LogP contribution in [0.25, 0.3) is 11.5 Å². The smallest absolute Gasteiger partial charge is 0.322 e. The van der Waals surface area contributed by atoms with Crippen molar-refractivity contribution in [3.8, 4) is 17.2 Å². The zero-order valence-electron chi connectivity index (χ0n) is 17.2. The van der Waals surface area contributed by atoms with E-state index in [4.69, 9.17) is 20.8 Å². The molecule has 1 aromatic heterocycles. The first-order valence-corrected chi connectivity index (χ1v) is 11.7. The van der Waals surface area contributed by atoms with Gasteiger partial charge in [-0.15, -0.1) is 5.10 Å². The third-order valence-corrected chi connectivity index (χ3v) is 7.33. The van der Waals surface area contributed by atoms with E-state index in [1.807, 2.05) is 0 Å². The third kappa shape index (κ3) is 4.77. The Morgan fingerprint density at radius 3 is 2.56 bits per heavy atom. The number of hydrogen-bond acceptors (Lipinski definition) is 7. The van der Waals surface area contributed by atoms with Crippen LogP contribution >= 0.6 is 11.6 Å². The lowest BCUT2D eigenvalue weighted by molar-refractivity contribution is -0.121. The number of anilines is 1. The predicted molar refractivity (Wildman–Crippen MR) is 118 cm³/mol. The zero-order valence-corrected chi connectivity index (χ0v) is 18.8. The molecule has 1 amide bonds. The lowest BCUT2D eigenvalue weighted by Gasteiger charge is -2.30. The molecule has 32 heavy (non-hydrogen) atoms. The fourth-order valence-electron chi connectivity index (χ4n) is 3.46. The molecule has 0 radical (unpaired) electrons. The molecule has 0 bridgehead atoms. The second kappa shape index (κ2) is 9.27. The van der Waals surface area contributed by atoms with Gasteiger partial charge in [-0.2, -0.15) is 4.31 Å². The number of ether oxygens (including phenoxy) is 1. The summed E-state index contributed by atoms with van der Waals surface area (Å²) in [7, 11) is -2.21. The molecular weight excluding hydrogens is 456 g/mol. The highest BCUT2D eigenvalue weighted by Crippen LogP contribution is 2.27. The van der Waals surface area contributed by atoms with E-state index in [1.165, 1.54) is 23.5 Å². The van der Waals surface area contributed by atoms with Crippen molar-refractivity contribution in [2.75, 3.05) is 25.5 Å². The molecule has 1 fully saturated rings. The number of piperidine rings is 1. The first kappa shape index (κ1) is 22.3. The van der Waals surface area contributed by atoms with Crippen molar-refractivity contribution in [2.24, 2.45) is 5.92 Å². The van der Waals surface area contributed by atoms with Crippen LogP contribution in [0.2, 0.25) is 5.02 Å². The average Bonchev–Trinajstić information content (AvgIpc) is 3.28. The lowest BCUT2D eigenvalue weighted by atomic mass is 9.99. The van der Waals surface area contributed by atoms with E-state index in [1.54, 1.807) is 36.4 Å². The van der Waals surface area contributed by atoms with Gasteiger partial charge in [-0.1, -0.05) is 16.7 Å². The second-order valence-electron chi connectivity index (χ2n) is 7.29. The molecule has 1 N–H and O–H groups in total. The van der Waals surface area contributed by atoms with Gasteiger partial charge in [0.2, 0.25) is 21.8 Å². The normalized spacial score (nSPS) is 17.1. The van der Waals surface area contributed by atoms with E-state index in [2.05, 4.69) is 15.5 Å². The summed E-state index contributed by atoms with van der Waals surface area (Å²) in [5, 5.41) is 11.0. The highest BCUT2D eigenvalue weighted by atomic mass is 35.5. The monoisotopic (exact) mass is 476 g/mol. The summed E-state index contributed by atoms with van der Waals surface area (Å²) in [6, 6.07) is 13.0. The van der Waals surface area contributed by atoms with Crippen LogP contribution in [0.4, 0.5) is 6.01 Å². The highest BCUT2D eigenvalue weighted by Gasteiger charge is 2.33. The van der Waals surface area contributed by atoms with E-state index in [0.717, 1.165) is 0 Å². The standard InChI is InChI=1S/C21H21ClN4O5S/c1-30-17-8-10-18(11-9-17)32(28,29)26-12-2-3-15(13-26)19(27)23-21-25-24-20(31-21)14-4-6-16(22)7-5-14/h4-11,15H,2-3,12-13H2,1H3,(H,23,25,27). The number of methoxy groups -OCH3 is 1. The summed E-state index contributed by atoms with van der Waals surface area (Å²) >= 11 is 5.88. The molecule has 168 valence electrons. The van der Waals surface area contributed by atoms with Crippen LogP contribution in [0.3, 0.4) is 0 Å². The molecule has 2 aromatic carbocycles. The topological polar surface area (TPSA) is 115 Å². The molecule has 4 rings (SSSR count). The maximum atomic E-state index is 13.0. The Morgan fingerprint density at radius 1 is 1.16 bits per heavy atom. The van der Waals surface area contributed by atoms with E-state index < -0.39 is 15.9 Å². The Morgan fingerprint density at radius 2 is 1.88 bits per heavy atom. The Labute approximate surface area is 190 Å². The second-order valence-corrected chi connectivity index (χ2v) is 9.66. The zero-order chi connectivity index (χ0) is 22.7. The quantitative estimate of drug-likeness (QED) is 0.579. The van der Waals surface area contributed by atoms with Crippen molar-refractivity contribution >= 4 is 33.5 Å². The third-order valence-electron chi connectivity index (χ3n) is 5.20. The first-order valence-electron chi connectivity index (χ1n) is 9.91. The van der Waals surface area contributed by atoms with Crippen LogP contribution < -0.4 is 10.1 Å². The first-order chi connectivity index (χ1) is 15.4. The number of nitrogens with zero attached hydrogens (tertiary/aromatic N) is 3. The molecular formula is C21H21ClN4O5S. The molecule has 1 atom stereocenters. The predicted octanol–water partition coefficient (Wildman–Crippen LogP) is 3.44. The van der Waals surface area contributed by atoms with Crippen molar-refractivity contribution in [1.82, 2.24) is 14.5 Å². The minimum absolute atomic E-state index is 0.0462. The van der Waals surface area contributed by atoms with Crippen molar-refractivity contribution in [2.45, 2.75) is 17.7 Å². The van der Waals surface area contributed by atoms with E-state index in [-0.39, 0.29) is 29.3 Å². The number of rotatable bonds is 6.